The molecular weight excluding hydrogens is 270 g/mol. The van der Waals surface area contributed by atoms with Crippen molar-refractivity contribution in [1.82, 2.24) is 0 Å². The molecule has 2 rings (SSSR count). The number of hydrogen-bond acceptors (Lipinski definition) is 3. The first kappa shape index (κ1) is 15.4. The van der Waals surface area contributed by atoms with E-state index >= 15 is 0 Å². The predicted molar refractivity (Wildman–Crippen MR) is 79.2 cm³/mol. The molecule has 5 heteroatoms. The van der Waals surface area contributed by atoms with Gasteiger partial charge in [0.25, 0.3) is 0 Å². The monoisotopic (exact) mass is 291 g/mol. The lowest BCUT2D eigenvalue weighted by Gasteiger charge is -2.11. The van der Waals surface area contributed by atoms with Crippen molar-refractivity contribution >= 4 is 17.6 Å². The minimum absolute atomic E-state index is 0.0917. The molecule has 1 aliphatic carbocycles. The van der Waals surface area contributed by atoms with Gasteiger partial charge in [-0.25, -0.2) is 0 Å². The van der Waals surface area contributed by atoms with Crippen LogP contribution < -0.4 is 10.1 Å². The molecule has 0 aliphatic heterocycles. The maximum absolute atomic E-state index is 12.2. The van der Waals surface area contributed by atoms with Crippen molar-refractivity contribution in [2.45, 2.75) is 33.8 Å². The normalized spacial score (nSPS) is 22.7. The van der Waals surface area contributed by atoms with Crippen molar-refractivity contribution in [3.05, 3.63) is 24.3 Å². The van der Waals surface area contributed by atoms with Gasteiger partial charge >= 0.3 is 5.97 Å². The summed E-state index contributed by atoms with van der Waals surface area (Å²) in [5.41, 5.74) is 0.152. The van der Waals surface area contributed by atoms with Crippen LogP contribution in [-0.2, 0) is 9.59 Å². The largest absolute Gasteiger partial charge is 0.491 e. The molecule has 1 aromatic rings. The number of benzene rings is 1. The number of amides is 1. The van der Waals surface area contributed by atoms with Gasteiger partial charge < -0.3 is 15.2 Å². The molecule has 0 radical (unpaired) electrons. The Kier molecular flexibility index (Phi) is 3.94. The van der Waals surface area contributed by atoms with E-state index in [-0.39, 0.29) is 12.0 Å². The summed E-state index contributed by atoms with van der Waals surface area (Å²) < 4.78 is 5.53. The molecule has 2 N–H and O–H groups in total. The van der Waals surface area contributed by atoms with Crippen LogP contribution in [0.4, 0.5) is 5.69 Å². The first-order valence-corrected chi connectivity index (χ1v) is 7.04. The van der Waals surface area contributed by atoms with Gasteiger partial charge in [-0.2, -0.15) is 0 Å². The Morgan fingerprint density at radius 2 is 1.76 bits per heavy atom. The number of carbonyl (C=O) groups is 2. The average molecular weight is 291 g/mol. The molecule has 0 bridgehead atoms. The van der Waals surface area contributed by atoms with E-state index in [0.29, 0.717) is 5.69 Å². The van der Waals surface area contributed by atoms with E-state index in [1.165, 1.54) is 0 Å². The van der Waals surface area contributed by atoms with Crippen molar-refractivity contribution in [3.63, 3.8) is 0 Å². The van der Waals surface area contributed by atoms with Crippen LogP contribution in [0.3, 0.4) is 0 Å². The van der Waals surface area contributed by atoms with E-state index in [1.54, 1.807) is 38.1 Å². The SMILES string of the molecule is CC(C)Oc1ccc(NC(=O)[C@@H]2[C@H](C(=O)O)C2(C)C)cc1. The smallest absolute Gasteiger partial charge is 0.307 e. The minimum atomic E-state index is -0.916. The fourth-order valence-electron chi connectivity index (χ4n) is 2.70. The Balaban J connectivity index is 1.99. The van der Waals surface area contributed by atoms with E-state index < -0.39 is 23.2 Å². The highest BCUT2D eigenvalue weighted by molar-refractivity contribution is 5.99. The molecule has 0 heterocycles. The van der Waals surface area contributed by atoms with Gasteiger partial charge in [-0.3, -0.25) is 9.59 Å². The van der Waals surface area contributed by atoms with Gasteiger partial charge in [0.2, 0.25) is 5.91 Å². The molecule has 21 heavy (non-hydrogen) atoms. The van der Waals surface area contributed by atoms with Crippen LogP contribution in [0.5, 0.6) is 5.75 Å². The second kappa shape index (κ2) is 5.39. The quantitative estimate of drug-likeness (QED) is 0.874. The average Bonchev–Trinajstić information content (AvgIpc) is 2.94. The molecule has 1 amide bonds. The zero-order valence-corrected chi connectivity index (χ0v) is 12.7. The second-order valence-electron chi connectivity index (χ2n) is 6.30. The number of carboxylic acid groups (broad SMARTS) is 1. The van der Waals surface area contributed by atoms with Crippen LogP contribution in [0.1, 0.15) is 27.7 Å². The predicted octanol–water partition coefficient (Wildman–Crippen LogP) is 2.77. The van der Waals surface area contributed by atoms with Gasteiger partial charge in [0, 0.05) is 5.69 Å². The van der Waals surface area contributed by atoms with Crippen LogP contribution in [-0.4, -0.2) is 23.1 Å². The van der Waals surface area contributed by atoms with Crippen LogP contribution in [0.25, 0.3) is 0 Å². The van der Waals surface area contributed by atoms with E-state index in [0.717, 1.165) is 5.75 Å². The van der Waals surface area contributed by atoms with Gasteiger partial charge in [0.05, 0.1) is 17.9 Å². The lowest BCUT2D eigenvalue weighted by Crippen LogP contribution is -2.17. The van der Waals surface area contributed by atoms with Crippen molar-refractivity contribution in [3.8, 4) is 5.75 Å². The highest BCUT2D eigenvalue weighted by Gasteiger charge is 2.65. The number of rotatable bonds is 5. The zero-order valence-electron chi connectivity index (χ0n) is 12.7. The summed E-state index contributed by atoms with van der Waals surface area (Å²) in [6.45, 7) is 7.49. The van der Waals surface area contributed by atoms with E-state index in [4.69, 9.17) is 9.84 Å². The molecule has 1 fully saturated rings. The first-order valence-electron chi connectivity index (χ1n) is 7.04. The molecule has 0 spiro atoms. The molecular formula is C16H21NO4. The summed E-state index contributed by atoms with van der Waals surface area (Å²) in [5.74, 6) is -1.52. The maximum Gasteiger partial charge on any atom is 0.307 e. The number of anilines is 1. The Bertz CT molecular complexity index is 548. The molecule has 1 aromatic carbocycles. The van der Waals surface area contributed by atoms with Crippen LogP contribution in [0, 0.1) is 17.3 Å². The van der Waals surface area contributed by atoms with Crippen LogP contribution in [0.2, 0.25) is 0 Å². The fraction of sp³-hybridized carbons (Fsp3) is 0.500. The highest BCUT2D eigenvalue weighted by atomic mass is 16.5. The molecule has 5 nitrogen and oxygen atoms in total. The molecule has 114 valence electrons. The summed E-state index contributed by atoms with van der Waals surface area (Å²) in [5, 5.41) is 11.9. The molecule has 0 unspecified atom stereocenters. The summed E-state index contributed by atoms with van der Waals surface area (Å²) >= 11 is 0. The summed E-state index contributed by atoms with van der Waals surface area (Å²) in [6.07, 6.45) is 0.0917. The summed E-state index contributed by atoms with van der Waals surface area (Å²) in [7, 11) is 0. The molecule has 1 aliphatic rings. The van der Waals surface area contributed by atoms with Crippen LogP contribution in [0.15, 0.2) is 24.3 Å². The van der Waals surface area contributed by atoms with Gasteiger partial charge in [-0.1, -0.05) is 13.8 Å². The summed E-state index contributed by atoms with van der Waals surface area (Å²) in [4.78, 5) is 23.3. The van der Waals surface area contributed by atoms with Gasteiger partial charge in [0.1, 0.15) is 5.75 Å². The number of nitrogens with one attached hydrogen (secondary N) is 1. The summed E-state index contributed by atoms with van der Waals surface area (Å²) in [6, 6.07) is 7.06. The Hall–Kier alpha value is -2.04. The number of hydrogen-bond donors (Lipinski definition) is 2. The molecule has 1 saturated carbocycles. The lowest BCUT2D eigenvalue weighted by atomic mass is 10.1. The van der Waals surface area contributed by atoms with Gasteiger partial charge in [-0.15, -0.1) is 0 Å². The maximum atomic E-state index is 12.2. The van der Waals surface area contributed by atoms with E-state index in [9.17, 15) is 9.59 Å². The standard InChI is InChI=1S/C16H21NO4/c1-9(2)21-11-7-5-10(6-8-11)17-14(18)12-13(15(19)20)16(12,3)4/h5-9,12-13H,1-4H3,(H,17,18)(H,19,20)/t12-,13+/m0/s1. The van der Waals surface area contributed by atoms with Crippen molar-refractivity contribution in [1.29, 1.82) is 0 Å². The minimum Gasteiger partial charge on any atom is -0.491 e. The Morgan fingerprint density at radius 3 is 2.19 bits per heavy atom. The highest BCUT2D eigenvalue weighted by Crippen LogP contribution is 2.58. The van der Waals surface area contributed by atoms with E-state index in [2.05, 4.69) is 5.32 Å². The second-order valence-corrected chi connectivity index (χ2v) is 6.30. The topological polar surface area (TPSA) is 75.6 Å². The van der Waals surface area contributed by atoms with E-state index in [1.807, 2.05) is 13.8 Å². The molecule has 0 saturated heterocycles. The van der Waals surface area contributed by atoms with Gasteiger partial charge in [-0.05, 0) is 43.5 Å². The van der Waals surface area contributed by atoms with Crippen molar-refractivity contribution < 1.29 is 19.4 Å². The fourth-order valence-corrected chi connectivity index (χ4v) is 2.70. The third kappa shape index (κ3) is 3.17. The number of ether oxygens (including phenoxy) is 1. The van der Waals surface area contributed by atoms with Gasteiger partial charge in [0.15, 0.2) is 0 Å². The van der Waals surface area contributed by atoms with Crippen LogP contribution >= 0.6 is 0 Å². The third-order valence-electron chi connectivity index (χ3n) is 3.87. The zero-order chi connectivity index (χ0) is 15.8. The number of carbonyl (C=O) groups excluding carboxylic acids is 1. The molecule has 2 atom stereocenters. The third-order valence-corrected chi connectivity index (χ3v) is 3.87. The van der Waals surface area contributed by atoms with Crippen molar-refractivity contribution in [2.24, 2.45) is 17.3 Å². The van der Waals surface area contributed by atoms with Crippen molar-refractivity contribution in [2.75, 3.05) is 5.32 Å². The Labute approximate surface area is 124 Å². The first-order chi connectivity index (χ1) is 9.73. The Morgan fingerprint density at radius 1 is 1.19 bits per heavy atom. The number of carboxylic acids is 1. The molecule has 0 aromatic heterocycles. The number of aliphatic carboxylic acids is 1. The lowest BCUT2D eigenvalue weighted by molar-refractivity contribution is -0.140.